The van der Waals surface area contributed by atoms with Crippen LogP contribution in [0.2, 0.25) is 0 Å². The van der Waals surface area contributed by atoms with Crippen LogP contribution < -0.4 is 30.9 Å². The fraction of sp³-hybridized carbons (Fsp3) is 0.333. The molecule has 2 heterocycles. The molecule has 2 amide bonds. The Kier molecular flexibility index (Phi) is 8.00. The molecule has 0 atom stereocenters. The molecule has 0 spiro atoms. The van der Waals surface area contributed by atoms with E-state index in [1.54, 1.807) is 41.3 Å². The molecule has 1 N–H and O–H groups in total. The number of rotatable bonds is 8. The van der Waals surface area contributed by atoms with Crippen LogP contribution in [0.15, 0.2) is 76.3 Å². The first-order valence-corrected chi connectivity index (χ1v) is 14.7. The molecule has 6 rings (SSSR count). The van der Waals surface area contributed by atoms with Crippen molar-refractivity contribution in [1.29, 1.82) is 0 Å². The summed E-state index contributed by atoms with van der Waals surface area (Å²) in [4.78, 5) is 56.2. The second-order valence-electron chi connectivity index (χ2n) is 11.0. The lowest BCUT2D eigenvalue weighted by atomic mass is 9.95. The lowest BCUT2D eigenvalue weighted by Crippen LogP contribution is -2.44. The molecule has 1 aromatic heterocycles. The van der Waals surface area contributed by atoms with Crippen LogP contribution in [-0.2, 0) is 17.9 Å². The zero-order valence-corrected chi connectivity index (χ0v) is 24.1. The van der Waals surface area contributed by atoms with E-state index in [1.807, 2.05) is 37.3 Å². The number of nitrogens with zero attached hydrogens (tertiary/aromatic N) is 3. The van der Waals surface area contributed by atoms with Crippen molar-refractivity contribution in [2.24, 2.45) is 0 Å². The number of likely N-dealkylation sites (N-methyl/N-ethyl adjacent to an activating group) is 1. The summed E-state index contributed by atoms with van der Waals surface area (Å²) in [5, 5.41) is 3.34. The molecule has 0 saturated heterocycles. The summed E-state index contributed by atoms with van der Waals surface area (Å²) in [5.74, 6) is 0.555. The van der Waals surface area contributed by atoms with Crippen molar-refractivity contribution < 1.29 is 19.1 Å². The maximum absolute atomic E-state index is 14.0. The van der Waals surface area contributed by atoms with Crippen LogP contribution in [0, 0.1) is 0 Å². The molecule has 43 heavy (non-hydrogen) atoms. The fourth-order valence-electron chi connectivity index (χ4n) is 5.92. The van der Waals surface area contributed by atoms with Gasteiger partial charge in [0.2, 0.25) is 12.7 Å². The van der Waals surface area contributed by atoms with E-state index in [-0.39, 0.29) is 48.6 Å². The normalized spacial score (nSPS) is 14.5. The molecule has 1 aliphatic heterocycles. The number of fused-ring (bicyclic) bond motifs is 2. The van der Waals surface area contributed by atoms with Crippen LogP contribution in [-0.4, -0.2) is 40.3 Å². The molecular formula is C33H34N4O6. The van der Waals surface area contributed by atoms with Crippen LogP contribution in [0.3, 0.4) is 0 Å². The summed E-state index contributed by atoms with van der Waals surface area (Å²) >= 11 is 0. The molecule has 4 aromatic rings. The van der Waals surface area contributed by atoms with E-state index in [0.717, 1.165) is 30.3 Å². The highest BCUT2D eigenvalue weighted by Gasteiger charge is 2.23. The van der Waals surface area contributed by atoms with Crippen molar-refractivity contribution >= 4 is 28.4 Å². The van der Waals surface area contributed by atoms with Crippen LogP contribution in [0.4, 0.5) is 5.69 Å². The van der Waals surface area contributed by atoms with Gasteiger partial charge in [-0.05, 0) is 67.8 Å². The van der Waals surface area contributed by atoms with Gasteiger partial charge in [-0.2, -0.15) is 0 Å². The smallest absolute Gasteiger partial charge is 0.332 e. The highest BCUT2D eigenvalue weighted by atomic mass is 16.7. The van der Waals surface area contributed by atoms with E-state index in [0.29, 0.717) is 34.9 Å². The van der Waals surface area contributed by atoms with Gasteiger partial charge in [0, 0.05) is 23.8 Å². The molecule has 1 aliphatic carbocycles. The van der Waals surface area contributed by atoms with Gasteiger partial charge in [-0.3, -0.25) is 23.5 Å². The van der Waals surface area contributed by atoms with Gasteiger partial charge in [-0.1, -0.05) is 43.5 Å². The Balaban J connectivity index is 1.42. The van der Waals surface area contributed by atoms with E-state index < -0.39 is 11.2 Å². The van der Waals surface area contributed by atoms with Crippen molar-refractivity contribution in [1.82, 2.24) is 14.5 Å². The van der Waals surface area contributed by atoms with Crippen LogP contribution in [0.1, 0.15) is 54.9 Å². The van der Waals surface area contributed by atoms with Crippen LogP contribution in [0.25, 0.3) is 10.9 Å². The Morgan fingerprint density at radius 1 is 0.907 bits per heavy atom. The molecule has 10 nitrogen and oxygen atoms in total. The maximum Gasteiger partial charge on any atom is 0.332 e. The fourth-order valence-corrected chi connectivity index (χ4v) is 5.92. The number of carbonyl (C=O) groups is 2. The molecule has 10 heteroatoms. The largest absolute Gasteiger partial charge is 0.454 e. The minimum atomic E-state index is -0.641. The third kappa shape index (κ3) is 5.77. The first kappa shape index (κ1) is 28.3. The predicted octanol–water partition coefficient (Wildman–Crippen LogP) is 4.06. The van der Waals surface area contributed by atoms with Crippen molar-refractivity contribution in [2.45, 2.75) is 58.2 Å². The number of carbonyl (C=O) groups excluding carboxylic acids is 2. The van der Waals surface area contributed by atoms with Gasteiger partial charge in [-0.15, -0.1) is 0 Å². The lowest BCUT2D eigenvalue weighted by Gasteiger charge is -2.23. The summed E-state index contributed by atoms with van der Waals surface area (Å²) in [6, 6.07) is 19.3. The van der Waals surface area contributed by atoms with E-state index >= 15 is 0 Å². The van der Waals surface area contributed by atoms with Crippen LogP contribution >= 0.6 is 0 Å². The zero-order chi connectivity index (χ0) is 29.9. The molecule has 0 radical (unpaired) electrons. The molecule has 3 aromatic carbocycles. The van der Waals surface area contributed by atoms with Gasteiger partial charge in [0.25, 0.3) is 11.5 Å². The predicted molar refractivity (Wildman–Crippen MR) is 163 cm³/mol. The van der Waals surface area contributed by atoms with Gasteiger partial charge < -0.3 is 19.7 Å². The third-order valence-electron chi connectivity index (χ3n) is 8.18. The Hall–Kier alpha value is -4.86. The number of ether oxygens (including phenoxy) is 2. The van der Waals surface area contributed by atoms with Crippen LogP contribution in [0.5, 0.6) is 11.5 Å². The number of hydrogen-bond acceptors (Lipinski definition) is 6. The number of para-hydroxylation sites is 1. The standard InChI is InChI=1S/C33H34N4O6/c1-2-35(25-11-7-4-8-12-25)30(38)20-36-27-18-23(31(39)34-24-9-5-3-6-10-24)14-15-26(27)32(40)37(33(36)41)19-22-13-16-28-29(17-22)43-21-42-28/h4,7-8,11-18,24H,2-3,5-6,9-10,19-21H2,1H3,(H,34,39). The van der Waals surface area contributed by atoms with Crippen molar-refractivity contribution in [3.63, 3.8) is 0 Å². The van der Waals surface area contributed by atoms with Gasteiger partial charge in [-0.25, -0.2) is 4.79 Å². The first-order chi connectivity index (χ1) is 20.9. The number of amides is 2. The van der Waals surface area contributed by atoms with E-state index in [2.05, 4.69) is 5.32 Å². The minimum Gasteiger partial charge on any atom is -0.454 e. The monoisotopic (exact) mass is 582 g/mol. The lowest BCUT2D eigenvalue weighted by molar-refractivity contribution is -0.119. The van der Waals surface area contributed by atoms with Gasteiger partial charge >= 0.3 is 5.69 Å². The van der Waals surface area contributed by atoms with Gasteiger partial charge in [0.05, 0.1) is 17.4 Å². The van der Waals surface area contributed by atoms with E-state index in [1.165, 1.54) is 11.0 Å². The van der Waals surface area contributed by atoms with Gasteiger partial charge in [0.1, 0.15) is 6.54 Å². The van der Waals surface area contributed by atoms with Crippen molar-refractivity contribution in [3.05, 3.63) is 98.7 Å². The Labute approximate surface area is 248 Å². The molecular weight excluding hydrogens is 548 g/mol. The Morgan fingerprint density at radius 2 is 1.67 bits per heavy atom. The summed E-state index contributed by atoms with van der Waals surface area (Å²) in [6.45, 7) is 2.02. The highest BCUT2D eigenvalue weighted by molar-refractivity contribution is 5.98. The second kappa shape index (κ2) is 12.2. The third-order valence-corrected chi connectivity index (χ3v) is 8.18. The van der Waals surface area contributed by atoms with E-state index in [9.17, 15) is 19.2 Å². The number of anilines is 1. The number of hydrogen-bond donors (Lipinski definition) is 1. The second-order valence-corrected chi connectivity index (χ2v) is 11.0. The zero-order valence-electron chi connectivity index (χ0n) is 24.1. The quantitative estimate of drug-likeness (QED) is 0.336. The summed E-state index contributed by atoms with van der Waals surface area (Å²) < 4.78 is 13.3. The average Bonchev–Trinajstić information content (AvgIpc) is 3.50. The first-order valence-electron chi connectivity index (χ1n) is 14.7. The van der Waals surface area contributed by atoms with Gasteiger partial charge in [0.15, 0.2) is 11.5 Å². The molecule has 1 saturated carbocycles. The minimum absolute atomic E-state index is 0.0292. The highest BCUT2D eigenvalue weighted by Crippen LogP contribution is 2.32. The summed E-state index contributed by atoms with van der Waals surface area (Å²) in [7, 11) is 0. The number of benzene rings is 3. The Morgan fingerprint density at radius 3 is 2.44 bits per heavy atom. The van der Waals surface area contributed by atoms with Crippen molar-refractivity contribution in [3.8, 4) is 11.5 Å². The van der Waals surface area contributed by atoms with Crippen molar-refractivity contribution in [2.75, 3.05) is 18.2 Å². The Bertz CT molecular complexity index is 1790. The molecule has 0 bridgehead atoms. The topological polar surface area (TPSA) is 112 Å². The summed E-state index contributed by atoms with van der Waals surface area (Å²) in [5.41, 5.74) is 0.804. The molecule has 222 valence electrons. The number of nitrogens with one attached hydrogen (secondary N) is 1. The number of aromatic nitrogens is 2. The average molecular weight is 583 g/mol. The molecule has 0 unspecified atom stereocenters. The molecule has 2 aliphatic rings. The molecule has 1 fully saturated rings. The SMILES string of the molecule is CCN(C(=O)Cn1c(=O)n(Cc2ccc3c(c2)OCO3)c(=O)c2ccc(C(=O)NC3CCCCC3)cc21)c1ccccc1. The summed E-state index contributed by atoms with van der Waals surface area (Å²) in [6.07, 6.45) is 5.16. The van der Waals surface area contributed by atoms with E-state index in [4.69, 9.17) is 9.47 Å². The maximum atomic E-state index is 14.0.